The van der Waals surface area contributed by atoms with E-state index < -0.39 is 0 Å². The first kappa shape index (κ1) is 15.2. The number of rotatable bonds is 4. The van der Waals surface area contributed by atoms with Gasteiger partial charge < -0.3 is 15.0 Å². The first-order valence-electron chi connectivity index (χ1n) is 7.96. The Morgan fingerprint density at radius 2 is 2.12 bits per heavy atom. The van der Waals surface area contributed by atoms with Crippen molar-refractivity contribution in [1.29, 1.82) is 0 Å². The lowest BCUT2D eigenvalue weighted by Gasteiger charge is -2.29. The molecular formula is C18H16N4O3. The van der Waals surface area contributed by atoms with Gasteiger partial charge in [0.05, 0.1) is 23.1 Å². The van der Waals surface area contributed by atoms with Crippen LogP contribution in [0.4, 0.5) is 11.4 Å². The molecule has 7 heteroatoms. The summed E-state index contributed by atoms with van der Waals surface area (Å²) in [6.07, 6.45) is 1.89. The van der Waals surface area contributed by atoms with Crippen molar-refractivity contribution in [3.05, 3.63) is 48.7 Å². The number of hydrogen-bond donors (Lipinski definition) is 2. The highest BCUT2D eigenvalue weighted by Gasteiger charge is 2.25. The zero-order valence-corrected chi connectivity index (χ0v) is 13.4. The highest BCUT2D eigenvalue weighted by atomic mass is 16.5. The van der Waals surface area contributed by atoms with Crippen LogP contribution in [0.25, 0.3) is 10.9 Å². The van der Waals surface area contributed by atoms with E-state index in [2.05, 4.69) is 15.5 Å². The molecule has 0 fully saturated rings. The van der Waals surface area contributed by atoms with Crippen molar-refractivity contribution in [1.82, 2.24) is 10.2 Å². The fourth-order valence-corrected chi connectivity index (χ4v) is 2.90. The second kappa shape index (κ2) is 6.27. The van der Waals surface area contributed by atoms with Crippen LogP contribution in [-0.2, 0) is 9.59 Å². The van der Waals surface area contributed by atoms with Crippen LogP contribution in [0.1, 0.15) is 6.42 Å². The molecule has 2 aromatic carbocycles. The molecule has 126 valence electrons. The molecule has 0 aliphatic carbocycles. The lowest BCUT2D eigenvalue weighted by molar-refractivity contribution is -0.121. The summed E-state index contributed by atoms with van der Waals surface area (Å²) >= 11 is 0. The van der Waals surface area contributed by atoms with E-state index in [1.807, 2.05) is 42.5 Å². The zero-order valence-electron chi connectivity index (χ0n) is 13.4. The number of benzene rings is 2. The van der Waals surface area contributed by atoms with Crippen LogP contribution in [0.15, 0.2) is 48.7 Å². The summed E-state index contributed by atoms with van der Waals surface area (Å²) in [6.45, 7) is 0.288. The van der Waals surface area contributed by atoms with Crippen molar-refractivity contribution >= 4 is 34.1 Å². The average molecular weight is 336 g/mol. The van der Waals surface area contributed by atoms with Crippen molar-refractivity contribution in [2.24, 2.45) is 0 Å². The third-order valence-corrected chi connectivity index (χ3v) is 4.12. The van der Waals surface area contributed by atoms with E-state index >= 15 is 0 Å². The van der Waals surface area contributed by atoms with Crippen molar-refractivity contribution < 1.29 is 14.3 Å². The van der Waals surface area contributed by atoms with E-state index in [0.717, 1.165) is 10.9 Å². The number of H-pyrrole nitrogens is 1. The van der Waals surface area contributed by atoms with Crippen LogP contribution >= 0.6 is 0 Å². The minimum absolute atomic E-state index is 0.00785. The molecule has 0 saturated carbocycles. The van der Waals surface area contributed by atoms with Gasteiger partial charge in [0.25, 0.3) is 5.91 Å². The largest absolute Gasteiger partial charge is 0.482 e. The Morgan fingerprint density at radius 3 is 3.04 bits per heavy atom. The molecule has 7 nitrogen and oxygen atoms in total. The summed E-state index contributed by atoms with van der Waals surface area (Å²) in [5, 5.41) is 10.6. The standard InChI is InChI=1S/C18H16N4O3/c23-16(20-13-5-3-4-12-10-19-21-18(12)13)8-9-22-14-6-1-2-7-15(14)25-11-17(22)24/h1-7,10H,8-9,11H2,(H,19,21)(H,20,23). The van der Waals surface area contributed by atoms with Crippen molar-refractivity contribution in [3.8, 4) is 5.75 Å². The second-order valence-corrected chi connectivity index (χ2v) is 5.74. The maximum Gasteiger partial charge on any atom is 0.265 e. The van der Waals surface area contributed by atoms with Crippen LogP contribution in [0.5, 0.6) is 5.75 Å². The molecule has 0 unspecified atom stereocenters. The van der Waals surface area contributed by atoms with Crippen LogP contribution in [-0.4, -0.2) is 35.2 Å². The molecule has 3 aromatic rings. The molecule has 1 aliphatic rings. The molecule has 0 radical (unpaired) electrons. The van der Waals surface area contributed by atoms with E-state index in [9.17, 15) is 9.59 Å². The average Bonchev–Trinajstić information content (AvgIpc) is 3.11. The molecule has 1 aromatic heterocycles. The third-order valence-electron chi connectivity index (χ3n) is 4.12. The van der Waals surface area contributed by atoms with Crippen LogP contribution < -0.4 is 15.0 Å². The number of ether oxygens (including phenoxy) is 1. The van der Waals surface area contributed by atoms with E-state index in [-0.39, 0.29) is 24.8 Å². The minimum atomic E-state index is -0.168. The highest BCUT2D eigenvalue weighted by molar-refractivity contribution is 6.02. The molecule has 2 heterocycles. The smallest absolute Gasteiger partial charge is 0.265 e. The van der Waals surface area contributed by atoms with Crippen molar-refractivity contribution in [2.75, 3.05) is 23.4 Å². The molecule has 2 N–H and O–H groups in total. The number of aromatic nitrogens is 2. The molecule has 1 aliphatic heterocycles. The number of hydrogen-bond acceptors (Lipinski definition) is 4. The number of carbonyl (C=O) groups is 2. The molecule has 0 spiro atoms. The Balaban J connectivity index is 1.46. The SMILES string of the molecule is O=C(CCN1C(=O)COc2ccccc21)Nc1cccc2cn[nH]c12. The number of anilines is 2. The van der Waals surface area contributed by atoms with Gasteiger partial charge in [0.15, 0.2) is 6.61 Å². The Hall–Kier alpha value is -3.35. The maximum atomic E-state index is 12.3. The van der Waals surface area contributed by atoms with Gasteiger partial charge in [0.2, 0.25) is 5.91 Å². The Bertz CT molecular complexity index is 950. The van der Waals surface area contributed by atoms with Gasteiger partial charge in [0, 0.05) is 18.4 Å². The quantitative estimate of drug-likeness (QED) is 0.765. The van der Waals surface area contributed by atoms with Crippen LogP contribution in [0.3, 0.4) is 0 Å². The van der Waals surface area contributed by atoms with Gasteiger partial charge in [-0.2, -0.15) is 5.10 Å². The number of aromatic amines is 1. The molecule has 0 bridgehead atoms. The third kappa shape index (κ3) is 2.91. The molecule has 2 amide bonds. The fourth-order valence-electron chi connectivity index (χ4n) is 2.90. The fraction of sp³-hybridized carbons (Fsp3) is 0.167. The number of nitrogens with one attached hydrogen (secondary N) is 2. The van der Waals surface area contributed by atoms with Gasteiger partial charge in [-0.05, 0) is 18.2 Å². The normalized spacial score (nSPS) is 13.4. The monoisotopic (exact) mass is 336 g/mol. The van der Waals surface area contributed by atoms with Crippen molar-refractivity contribution in [2.45, 2.75) is 6.42 Å². The lowest BCUT2D eigenvalue weighted by Crippen LogP contribution is -2.40. The summed E-state index contributed by atoms with van der Waals surface area (Å²) in [5.41, 5.74) is 2.15. The first-order chi connectivity index (χ1) is 12.2. The predicted octanol–water partition coefficient (Wildman–Crippen LogP) is 2.32. The number of amides is 2. The number of fused-ring (bicyclic) bond motifs is 2. The van der Waals surface area contributed by atoms with Crippen molar-refractivity contribution in [3.63, 3.8) is 0 Å². The summed E-state index contributed by atoms with van der Waals surface area (Å²) < 4.78 is 5.40. The van der Waals surface area contributed by atoms with Gasteiger partial charge in [-0.3, -0.25) is 14.7 Å². The van der Waals surface area contributed by atoms with E-state index in [1.54, 1.807) is 11.1 Å². The van der Waals surface area contributed by atoms with Gasteiger partial charge in [-0.25, -0.2) is 0 Å². The molecular weight excluding hydrogens is 320 g/mol. The predicted molar refractivity (Wildman–Crippen MR) is 93.6 cm³/mol. The molecule has 25 heavy (non-hydrogen) atoms. The topological polar surface area (TPSA) is 87.3 Å². The van der Waals surface area contributed by atoms with Crippen LogP contribution in [0.2, 0.25) is 0 Å². The second-order valence-electron chi connectivity index (χ2n) is 5.74. The van der Waals surface area contributed by atoms with Gasteiger partial charge in [-0.15, -0.1) is 0 Å². The minimum Gasteiger partial charge on any atom is -0.482 e. The summed E-state index contributed by atoms with van der Waals surface area (Å²) in [4.78, 5) is 26.0. The molecule has 0 saturated heterocycles. The van der Waals surface area contributed by atoms with Gasteiger partial charge in [-0.1, -0.05) is 24.3 Å². The van der Waals surface area contributed by atoms with E-state index in [1.165, 1.54) is 0 Å². The van der Waals surface area contributed by atoms with Gasteiger partial charge >= 0.3 is 0 Å². The van der Waals surface area contributed by atoms with E-state index in [4.69, 9.17) is 4.74 Å². The highest BCUT2D eigenvalue weighted by Crippen LogP contribution is 2.31. The maximum absolute atomic E-state index is 12.3. The summed E-state index contributed by atoms with van der Waals surface area (Å²) in [7, 11) is 0. The molecule has 0 atom stereocenters. The number of nitrogens with zero attached hydrogens (tertiary/aromatic N) is 2. The Labute approximate surface area is 143 Å². The number of para-hydroxylation sites is 3. The molecule has 4 rings (SSSR count). The van der Waals surface area contributed by atoms with Crippen LogP contribution in [0, 0.1) is 0 Å². The summed E-state index contributed by atoms with van der Waals surface area (Å²) in [5.74, 6) is 0.339. The summed E-state index contributed by atoms with van der Waals surface area (Å²) in [6, 6.07) is 12.9. The first-order valence-corrected chi connectivity index (χ1v) is 7.96. The Morgan fingerprint density at radius 1 is 1.24 bits per heavy atom. The van der Waals surface area contributed by atoms with Gasteiger partial charge in [0.1, 0.15) is 5.75 Å². The lowest BCUT2D eigenvalue weighted by atomic mass is 10.2. The van der Waals surface area contributed by atoms with E-state index in [0.29, 0.717) is 23.7 Å². The zero-order chi connectivity index (χ0) is 17.2. The number of carbonyl (C=O) groups excluding carboxylic acids is 2. The Kier molecular flexibility index (Phi) is 3.81.